The summed E-state index contributed by atoms with van der Waals surface area (Å²) in [7, 11) is 0. The fourth-order valence-electron chi connectivity index (χ4n) is 1.59. The number of thiophene rings is 1. The van der Waals surface area contributed by atoms with Crippen molar-refractivity contribution in [2.75, 3.05) is 13.2 Å². The molecule has 0 aromatic carbocycles. The molecular weight excluding hydrogens is 320 g/mol. The Morgan fingerprint density at radius 1 is 1.17 bits per heavy atom. The molecule has 0 saturated heterocycles. The molecule has 0 saturated carbocycles. The van der Waals surface area contributed by atoms with Crippen LogP contribution in [0.1, 0.15) is 39.4 Å². The van der Waals surface area contributed by atoms with Crippen molar-refractivity contribution in [1.29, 1.82) is 10.5 Å². The van der Waals surface area contributed by atoms with E-state index in [0.717, 1.165) is 11.3 Å². The molecule has 9 heteroatoms. The minimum Gasteiger partial charge on any atom is -0.462 e. The third kappa shape index (κ3) is 4.34. The van der Waals surface area contributed by atoms with Crippen molar-refractivity contribution in [3.8, 4) is 12.1 Å². The third-order valence-electron chi connectivity index (χ3n) is 2.58. The normalized spacial score (nSPS) is 10.3. The number of azo groups is 1. The summed E-state index contributed by atoms with van der Waals surface area (Å²) >= 11 is 0.897. The van der Waals surface area contributed by atoms with E-state index in [9.17, 15) is 9.59 Å². The molecule has 0 amide bonds. The van der Waals surface area contributed by atoms with E-state index in [4.69, 9.17) is 20.0 Å². The quantitative estimate of drug-likeness (QED) is 0.581. The number of nitriles is 2. The van der Waals surface area contributed by atoms with Crippen molar-refractivity contribution in [3.05, 3.63) is 16.0 Å². The van der Waals surface area contributed by atoms with Crippen molar-refractivity contribution in [1.82, 2.24) is 0 Å². The van der Waals surface area contributed by atoms with Gasteiger partial charge in [0, 0.05) is 0 Å². The monoisotopic (exact) mass is 334 g/mol. The number of ether oxygens (including phenoxy) is 2. The number of nitrogens with zero attached hydrogens (tertiary/aromatic N) is 4. The van der Waals surface area contributed by atoms with Gasteiger partial charge in [0.25, 0.3) is 0 Å². The van der Waals surface area contributed by atoms with Crippen LogP contribution in [0.4, 0.5) is 5.00 Å². The zero-order chi connectivity index (χ0) is 17.4. The molecule has 23 heavy (non-hydrogen) atoms. The van der Waals surface area contributed by atoms with Crippen molar-refractivity contribution in [2.24, 2.45) is 10.2 Å². The van der Waals surface area contributed by atoms with Gasteiger partial charge >= 0.3 is 11.9 Å². The summed E-state index contributed by atoms with van der Waals surface area (Å²) in [5.74, 6) is -1.24. The molecule has 1 aromatic heterocycles. The highest BCUT2D eigenvalue weighted by atomic mass is 32.1. The Balaban J connectivity index is 3.34. The van der Waals surface area contributed by atoms with Crippen molar-refractivity contribution < 1.29 is 19.1 Å². The second kappa shape index (κ2) is 8.61. The Kier molecular flexibility index (Phi) is 6.84. The van der Waals surface area contributed by atoms with Crippen LogP contribution in [-0.2, 0) is 9.47 Å². The SMILES string of the molecule is CCOC(=O)c1sc(N=NC(C#N)C#N)c(C(=O)OCC)c1C. The Labute approximate surface area is 137 Å². The molecule has 1 aromatic rings. The van der Waals surface area contributed by atoms with Crippen LogP contribution in [0.15, 0.2) is 10.2 Å². The van der Waals surface area contributed by atoms with Crippen molar-refractivity contribution >= 4 is 28.3 Å². The summed E-state index contributed by atoms with van der Waals surface area (Å²) in [6.07, 6.45) is 0. The molecule has 1 rings (SSSR count). The van der Waals surface area contributed by atoms with E-state index in [1.807, 2.05) is 0 Å². The predicted octanol–water partition coefficient (Wildman–Crippen LogP) is 2.91. The number of rotatable bonds is 6. The smallest absolute Gasteiger partial charge is 0.348 e. The highest BCUT2D eigenvalue weighted by Crippen LogP contribution is 2.36. The number of hydrogen-bond acceptors (Lipinski definition) is 9. The molecule has 0 aliphatic rings. The summed E-state index contributed by atoms with van der Waals surface area (Å²) in [5.41, 5.74) is 0.449. The topological polar surface area (TPSA) is 125 Å². The van der Waals surface area contributed by atoms with Gasteiger partial charge in [-0.05, 0) is 26.3 Å². The second-order valence-corrected chi connectivity index (χ2v) is 5.05. The van der Waals surface area contributed by atoms with Crippen molar-refractivity contribution in [3.63, 3.8) is 0 Å². The minimum absolute atomic E-state index is 0.0817. The van der Waals surface area contributed by atoms with Crippen LogP contribution >= 0.6 is 11.3 Å². The van der Waals surface area contributed by atoms with Crippen LogP contribution in [0, 0.1) is 29.6 Å². The molecule has 0 N–H and O–H groups in total. The first kappa shape index (κ1) is 18.3. The number of carbonyl (C=O) groups excluding carboxylic acids is 2. The first-order chi connectivity index (χ1) is 11.0. The third-order valence-corrected chi connectivity index (χ3v) is 3.73. The summed E-state index contributed by atoms with van der Waals surface area (Å²) in [6.45, 7) is 5.22. The first-order valence-electron chi connectivity index (χ1n) is 6.67. The van der Waals surface area contributed by atoms with Gasteiger partial charge in [-0.25, -0.2) is 9.59 Å². The summed E-state index contributed by atoms with van der Waals surface area (Å²) in [5, 5.41) is 24.8. The molecule has 8 nitrogen and oxygen atoms in total. The molecule has 0 atom stereocenters. The van der Waals surface area contributed by atoms with E-state index >= 15 is 0 Å². The van der Waals surface area contributed by atoms with Gasteiger partial charge in [0.2, 0.25) is 6.04 Å². The lowest BCUT2D eigenvalue weighted by atomic mass is 10.1. The van der Waals surface area contributed by atoms with E-state index in [2.05, 4.69) is 10.2 Å². The maximum absolute atomic E-state index is 12.1. The molecule has 0 unspecified atom stereocenters. The number of carbonyl (C=O) groups is 2. The summed E-state index contributed by atoms with van der Waals surface area (Å²) in [4.78, 5) is 24.2. The molecule has 0 aliphatic heterocycles. The fourth-order valence-corrected chi connectivity index (χ4v) is 2.61. The van der Waals surface area contributed by atoms with E-state index in [0.29, 0.717) is 5.56 Å². The van der Waals surface area contributed by atoms with Crippen LogP contribution in [0.3, 0.4) is 0 Å². The lowest BCUT2D eigenvalue weighted by Crippen LogP contribution is -2.08. The second-order valence-electron chi connectivity index (χ2n) is 4.05. The van der Waals surface area contributed by atoms with Crippen LogP contribution in [-0.4, -0.2) is 31.2 Å². The van der Waals surface area contributed by atoms with Crippen LogP contribution in [0.5, 0.6) is 0 Å². The number of hydrogen-bond donors (Lipinski definition) is 0. The summed E-state index contributed by atoms with van der Waals surface area (Å²) < 4.78 is 9.87. The molecule has 120 valence electrons. The Morgan fingerprint density at radius 2 is 1.74 bits per heavy atom. The average Bonchev–Trinajstić information content (AvgIpc) is 2.85. The largest absolute Gasteiger partial charge is 0.462 e. The maximum atomic E-state index is 12.1. The zero-order valence-corrected chi connectivity index (χ0v) is 13.6. The molecule has 0 aliphatic carbocycles. The fraction of sp³-hybridized carbons (Fsp3) is 0.429. The Morgan fingerprint density at radius 3 is 2.26 bits per heavy atom. The van der Waals surface area contributed by atoms with Gasteiger partial charge < -0.3 is 9.47 Å². The van der Waals surface area contributed by atoms with Gasteiger partial charge in [0.1, 0.15) is 22.6 Å². The maximum Gasteiger partial charge on any atom is 0.348 e. The van der Waals surface area contributed by atoms with Gasteiger partial charge in [-0.3, -0.25) is 0 Å². The van der Waals surface area contributed by atoms with E-state index in [1.165, 1.54) is 0 Å². The standard InChI is InChI=1S/C14H14N4O4S/c1-4-21-13(19)10-8(3)11(14(20)22-5-2)23-12(10)18-17-9(6-15)7-16/h9H,4-5H2,1-3H3. The van der Waals surface area contributed by atoms with Gasteiger partial charge in [0.05, 0.1) is 13.2 Å². The van der Waals surface area contributed by atoms with Crippen LogP contribution in [0.2, 0.25) is 0 Å². The van der Waals surface area contributed by atoms with Gasteiger partial charge in [-0.2, -0.15) is 15.6 Å². The molecule has 0 spiro atoms. The zero-order valence-electron chi connectivity index (χ0n) is 12.8. The Hall–Kier alpha value is -2.78. The highest BCUT2D eigenvalue weighted by molar-refractivity contribution is 7.18. The van der Waals surface area contributed by atoms with Crippen LogP contribution < -0.4 is 0 Å². The predicted molar refractivity (Wildman–Crippen MR) is 80.5 cm³/mol. The highest BCUT2D eigenvalue weighted by Gasteiger charge is 2.26. The van der Waals surface area contributed by atoms with Gasteiger partial charge in [-0.1, -0.05) is 0 Å². The molecule has 0 radical (unpaired) electrons. The van der Waals surface area contributed by atoms with E-state index in [-0.39, 0.29) is 28.7 Å². The van der Waals surface area contributed by atoms with Crippen molar-refractivity contribution in [2.45, 2.75) is 26.8 Å². The molecule has 0 fully saturated rings. The summed E-state index contributed by atoms with van der Waals surface area (Å²) in [6, 6.07) is 1.98. The minimum atomic E-state index is -1.29. The number of esters is 2. The van der Waals surface area contributed by atoms with E-state index in [1.54, 1.807) is 32.9 Å². The molecular formula is C14H14N4O4S. The van der Waals surface area contributed by atoms with Gasteiger partial charge in [-0.15, -0.1) is 16.5 Å². The lowest BCUT2D eigenvalue weighted by Gasteiger charge is -2.03. The first-order valence-corrected chi connectivity index (χ1v) is 7.49. The van der Waals surface area contributed by atoms with Gasteiger partial charge in [0.15, 0.2) is 5.00 Å². The van der Waals surface area contributed by atoms with E-state index < -0.39 is 18.0 Å². The Bertz CT molecular complexity index is 698. The molecule has 0 bridgehead atoms. The molecule has 1 heterocycles. The lowest BCUT2D eigenvalue weighted by molar-refractivity contribution is 0.0527. The van der Waals surface area contributed by atoms with Crippen LogP contribution in [0.25, 0.3) is 0 Å². The average molecular weight is 334 g/mol.